The third-order valence-corrected chi connectivity index (χ3v) is 3.99. The lowest BCUT2D eigenvalue weighted by atomic mass is 9.74. The Bertz CT molecular complexity index is 386. The van der Waals surface area contributed by atoms with E-state index in [1.807, 2.05) is 24.3 Å². The van der Waals surface area contributed by atoms with Crippen molar-refractivity contribution in [3.63, 3.8) is 0 Å². The van der Waals surface area contributed by atoms with Gasteiger partial charge in [0, 0.05) is 12.7 Å². The van der Waals surface area contributed by atoms with E-state index in [9.17, 15) is 0 Å². The number of benzene rings is 1. The van der Waals surface area contributed by atoms with Crippen LogP contribution in [0.1, 0.15) is 37.3 Å². The van der Waals surface area contributed by atoms with Crippen LogP contribution in [0.5, 0.6) is 5.75 Å². The van der Waals surface area contributed by atoms with Crippen molar-refractivity contribution in [3.05, 3.63) is 29.8 Å². The molecule has 18 heavy (non-hydrogen) atoms. The molecule has 100 valence electrons. The van der Waals surface area contributed by atoms with E-state index in [-0.39, 0.29) is 11.6 Å². The van der Waals surface area contributed by atoms with Crippen LogP contribution in [0.3, 0.4) is 0 Å². The number of hydrogen-bond acceptors (Lipinski definition) is 4. The molecule has 1 atom stereocenters. The minimum Gasteiger partial charge on any atom is -0.496 e. The molecule has 1 aliphatic carbocycles. The van der Waals surface area contributed by atoms with Gasteiger partial charge in [0.1, 0.15) is 5.75 Å². The molecule has 1 fully saturated rings. The van der Waals surface area contributed by atoms with Gasteiger partial charge in [-0.15, -0.1) is 0 Å². The number of hydrogen-bond donors (Lipinski definition) is 2. The fraction of sp³-hybridized carbons (Fsp3) is 0.571. The average Bonchev–Trinajstić information content (AvgIpc) is 2.38. The van der Waals surface area contributed by atoms with Gasteiger partial charge in [-0.1, -0.05) is 18.2 Å². The quantitative estimate of drug-likeness (QED) is 0.600. The predicted octanol–water partition coefficient (Wildman–Crippen LogP) is 2.16. The Labute approximate surface area is 108 Å². The van der Waals surface area contributed by atoms with Gasteiger partial charge in [0.2, 0.25) is 0 Å². The highest BCUT2D eigenvalue weighted by molar-refractivity contribution is 5.36. The summed E-state index contributed by atoms with van der Waals surface area (Å²) in [5.74, 6) is 6.57. The van der Waals surface area contributed by atoms with Gasteiger partial charge in [-0.2, -0.15) is 0 Å². The van der Waals surface area contributed by atoms with E-state index in [1.54, 1.807) is 14.2 Å². The van der Waals surface area contributed by atoms with E-state index in [2.05, 4.69) is 5.43 Å². The van der Waals surface area contributed by atoms with Crippen molar-refractivity contribution in [1.29, 1.82) is 0 Å². The molecule has 3 N–H and O–H groups in total. The molecule has 0 aliphatic heterocycles. The molecule has 0 radical (unpaired) electrons. The van der Waals surface area contributed by atoms with Gasteiger partial charge in [-0.3, -0.25) is 11.3 Å². The summed E-state index contributed by atoms with van der Waals surface area (Å²) in [5.41, 5.74) is 3.96. The molecule has 2 rings (SSSR count). The third-order valence-electron chi connectivity index (χ3n) is 3.99. The van der Waals surface area contributed by atoms with Crippen molar-refractivity contribution in [1.82, 2.24) is 5.43 Å². The maximum Gasteiger partial charge on any atom is 0.123 e. The highest BCUT2D eigenvalue weighted by atomic mass is 16.5. The highest BCUT2D eigenvalue weighted by Crippen LogP contribution is 2.42. The summed E-state index contributed by atoms with van der Waals surface area (Å²) in [5, 5.41) is 0. The van der Waals surface area contributed by atoms with Crippen LogP contribution in [0.25, 0.3) is 0 Å². The van der Waals surface area contributed by atoms with Gasteiger partial charge < -0.3 is 9.47 Å². The van der Waals surface area contributed by atoms with Crippen molar-refractivity contribution in [2.24, 2.45) is 5.84 Å². The molecule has 4 nitrogen and oxygen atoms in total. The van der Waals surface area contributed by atoms with Crippen LogP contribution >= 0.6 is 0 Å². The molecule has 1 aromatic carbocycles. The van der Waals surface area contributed by atoms with Crippen LogP contribution in [0.15, 0.2) is 24.3 Å². The monoisotopic (exact) mass is 250 g/mol. The first-order chi connectivity index (χ1) is 8.74. The molecule has 0 heterocycles. The lowest BCUT2D eigenvalue weighted by Gasteiger charge is -2.42. The second-order valence-corrected chi connectivity index (χ2v) is 4.91. The molecule has 1 saturated carbocycles. The lowest BCUT2D eigenvalue weighted by molar-refractivity contribution is -0.0839. The molecule has 0 saturated heterocycles. The lowest BCUT2D eigenvalue weighted by Crippen LogP contribution is -2.44. The molecule has 0 bridgehead atoms. The fourth-order valence-corrected chi connectivity index (χ4v) is 2.65. The van der Waals surface area contributed by atoms with Gasteiger partial charge >= 0.3 is 0 Å². The first kappa shape index (κ1) is 13.3. The second kappa shape index (κ2) is 5.69. The Morgan fingerprint density at radius 3 is 2.56 bits per heavy atom. The number of ether oxygens (including phenoxy) is 2. The molecule has 1 unspecified atom stereocenters. The number of nitrogens with two attached hydrogens (primary N) is 1. The first-order valence-corrected chi connectivity index (χ1v) is 6.39. The molecule has 0 amide bonds. The Kier molecular flexibility index (Phi) is 4.22. The van der Waals surface area contributed by atoms with Crippen LogP contribution in [-0.4, -0.2) is 19.8 Å². The van der Waals surface area contributed by atoms with Crippen LogP contribution in [0.4, 0.5) is 0 Å². The smallest absolute Gasteiger partial charge is 0.123 e. The molecular formula is C14H22N2O2. The maximum absolute atomic E-state index is 5.71. The summed E-state index contributed by atoms with van der Waals surface area (Å²) < 4.78 is 11.1. The number of para-hydroxylation sites is 1. The minimum atomic E-state index is -0.0160. The molecule has 0 aromatic heterocycles. The molecule has 1 aromatic rings. The zero-order valence-electron chi connectivity index (χ0n) is 11.1. The van der Waals surface area contributed by atoms with Crippen LogP contribution in [0, 0.1) is 0 Å². The van der Waals surface area contributed by atoms with E-state index in [0.717, 1.165) is 30.6 Å². The summed E-state index contributed by atoms with van der Waals surface area (Å²) in [7, 11) is 3.47. The van der Waals surface area contributed by atoms with E-state index < -0.39 is 0 Å². The number of rotatable bonds is 6. The van der Waals surface area contributed by atoms with Gasteiger partial charge in [-0.25, -0.2) is 0 Å². The predicted molar refractivity (Wildman–Crippen MR) is 71.3 cm³/mol. The SMILES string of the molecule is COc1ccccc1C(CC1(OC)CCC1)NN. The van der Waals surface area contributed by atoms with E-state index in [1.165, 1.54) is 6.42 Å². The van der Waals surface area contributed by atoms with Crippen molar-refractivity contribution in [2.75, 3.05) is 14.2 Å². The fourth-order valence-electron chi connectivity index (χ4n) is 2.65. The number of nitrogens with one attached hydrogen (secondary N) is 1. The van der Waals surface area contributed by atoms with Crippen molar-refractivity contribution < 1.29 is 9.47 Å². The van der Waals surface area contributed by atoms with E-state index in [4.69, 9.17) is 15.3 Å². The van der Waals surface area contributed by atoms with Crippen molar-refractivity contribution in [2.45, 2.75) is 37.3 Å². The number of methoxy groups -OCH3 is 2. The Morgan fingerprint density at radius 2 is 2.06 bits per heavy atom. The maximum atomic E-state index is 5.71. The first-order valence-electron chi connectivity index (χ1n) is 6.39. The van der Waals surface area contributed by atoms with Gasteiger partial charge in [0.05, 0.1) is 18.8 Å². The Hall–Kier alpha value is -1.10. The highest BCUT2D eigenvalue weighted by Gasteiger charge is 2.39. The summed E-state index contributed by atoms with van der Waals surface area (Å²) in [6.07, 6.45) is 4.32. The van der Waals surface area contributed by atoms with Crippen molar-refractivity contribution in [3.8, 4) is 5.75 Å². The summed E-state index contributed by atoms with van der Waals surface area (Å²) in [6.45, 7) is 0. The molecule has 4 heteroatoms. The Morgan fingerprint density at radius 1 is 1.33 bits per heavy atom. The zero-order valence-corrected chi connectivity index (χ0v) is 11.1. The summed E-state index contributed by atoms with van der Waals surface area (Å²) in [6, 6.07) is 8.03. The third kappa shape index (κ3) is 2.51. The van der Waals surface area contributed by atoms with E-state index in [0.29, 0.717) is 0 Å². The summed E-state index contributed by atoms with van der Waals surface area (Å²) >= 11 is 0. The van der Waals surface area contributed by atoms with Gasteiger partial charge in [0.15, 0.2) is 0 Å². The van der Waals surface area contributed by atoms with Crippen LogP contribution in [-0.2, 0) is 4.74 Å². The van der Waals surface area contributed by atoms with Crippen LogP contribution in [0.2, 0.25) is 0 Å². The van der Waals surface area contributed by atoms with Crippen LogP contribution < -0.4 is 16.0 Å². The Balaban J connectivity index is 2.17. The van der Waals surface area contributed by atoms with Gasteiger partial charge in [0.25, 0.3) is 0 Å². The standard InChI is InChI=1S/C14H22N2O2/c1-17-13-7-4-3-6-11(13)12(16-15)10-14(18-2)8-5-9-14/h3-4,6-7,12,16H,5,8-10,15H2,1-2H3. The minimum absolute atomic E-state index is 0.0160. The largest absolute Gasteiger partial charge is 0.496 e. The molecular weight excluding hydrogens is 228 g/mol. The topological polar surface area (TPSA) is 56.5 Å². The van der Waals surface area contributed by atoms with Gasteiger partial charge in [-0.05, 0) is 31.7 Å². The van der Waals surface area contributed by atoms with E-state index >= 15 is 0 Å². The van der Waals surface area contributed by atoms with Crippen molar-refractivity contribution >= 4 is 0 Å². The normalized spacial score (nSPS) is 19.1. The molecule has 0 spiro atoms. The average molecular weight is 250 g/mol. The second-order valence-electron chi connectivity index (χ2n) is 4.91. The molecule has 1 aliphatic rings. The number of hydrazine groups is 1. The summed E-state index contributed by atoms with van der Waals surface area (Å²) in [4.78, 5) is 0. The zero-order chi connectivity index (χ0) is 13.0.